The molecule has 0 aliphatic heterocycles. The molecule has 0 bridgehead atoms. The molecule has 1 atom stereocenters. The highest BCUT2D eigenvalue weighted by molar-refractivity contribution is 5.10. The van der Waals surface area contributed by atoms with Gasteiger partial charge in [-0.15, -0.1) is 5.92 Å². The van der Waals surface area contributed by atoms with Crippen molar-refractivity contribution < 1.29 is 9.13 Å². The summed E-state index contributed by atoms with van der Waals surface area (Å²) < 4.78 is 17.7. The summed E-state index contributed by atoms with van der Waals surface area (Å²) in [6.07, 6.45) is 0.816. The zero-order valence-electron chi connectivity index (χ0n) is 7.41. The number of hydrogen-bond donors (Lipinski definition) is 0. The van der Waals surface area contributed by atoms with Crippen LogP contribution in [0.2, 0.25) is 0 Å². The lowest BCUT2D eigenvalue weighted by molar-refractivity contribution is 0.265. The fraction of sp³-hybridized carbons (Fsp3) is 0.333. The van der Waals surface area contributed by atoms with E-state index in [1.54, 1.807) is 13.8 Å². The van der Waals surface area contributed by atoms with Crippen molar-refractivity contribution in [2.75, 3.05) is 0 Å². The van der Waals surface area contributed by atoms with Crippen LogP contribution in [-0.4, -0.2) is 16.1 Å². The van der Waals surface area contributed by atoms with E-state index in [0.717, 1.165) is 12.4 Å². The molecule has 0 aliphatic carbocycles. The molecule has 1 unspecified atom stereocenters. The molecule has 0 aromatic carbocycles. The molecule has 0 saturated heterocycles. The standard InChI is InChI=1S/C9H9FN2O/c1-3-4-7(2)13-9-5-8(10)11-6-12-9/h5-7H,1-2H3. The molecule has 0 radical (unpaired) electrons. The number of nitrogens with zero attached hydrogens (tertiary/aromatic N) is 2. The monoisotopic (exact) mass is 180 g/mol. The van der Waals surface area contributed by atoms with Gasteiger partial charge in [-0.3, -0.25) is 0 Å². The molecule has 0 aliphatic rings. The van der Waals surface area contributed by atoms with Crippen LogP contribution in [0.1, 0.15) is 13.8 Å². The van der Waals surface area contributed by atoms with E-state index >= 15 is 0 Å². The van der Waals surface area contributed by atoms with Gasteiger partial charge in [0.25, 0.3) is 0 Å². The van der Waals surface area contributed by atoms with Crippen LogP contribution >= 0.6 is 0 Å². The molecule has 1 aromatic rings. The summed E-state index contributed by atoms with van der Waals surface area (Å²) in [6.45, 7) is 3.47. The van der Waals surface area contributed by atoms with E-state index in [9.17, 15) is 4.39 Å². The first-order chi connectivity index (χ1) is 6.22. The zero-order chi connectivity index (χ0) is 9.68. The van der Waals surface area contributed by atoms with Crippen LogP contribution in [0.15, 0.2) is 12.4 Å². The summed E-state index contributed by atoms with van der Waals surface area (Å²) in [5, 5.41) is 0. The quantitative estimate of drug-likeness (QED) is 0.509. The number of halogens is 1. The average Bonchev–Trinajstić information content (AvgIpc) is 2.04. The van der Waals surface area contributed by atoms with Crippen molar-refractivity contribution in [2.24, 2.45) is 0 Å². The predicted octanol–water partition coefficient (Wildman–Crippen LogP) is 1.41. The minimum atomic E-state index is -0.610. The van der Waals surface area contributed by atoms with Gasteiger partial charge in [-0.2, -0.15) is 4.39 Å². The van der Waals surface area contributed by atoms with Crippen LogP contribution in [0.3, 0.4) is 0 Å². The Morgan fingerprint density at radius 1 is 1.54 bits per heavy atom. The summed E-state index contributed by atoms with van der Waals surface area (Å²) in [5.41, 5.74) is 0. The molecule has 13 heavy (non-hydrogen) atoms. The van der Waals surface area contributed by atoms with Gasteiger partial charge < -0.3 is 4.74 Å². The van der Waals surface area contributed by atoms with Gasteiger partial charge >= 0.3 is 0 Å². The van der Waals surface area contributed by atoms with Crippen molar-refractivity contribution in [3.63, 3.8) is 0 Å². The van der Waals surface area contributed by atoms with Crippen LogP contribution < -0.4 is 4.74 Å². The summed E-state index contributed by atoms with van der Waals surface area (Å²) in [6, 6.07) is 1.12. The Hall–Kier alpha value is -1.63. The van der Waals surface area contributed by atoms with Crippen LogP contribution in [0.5, 0.6) is 5.88 Å². The van der Waals surface area contributed by atoms with Crippen molar-refractivity contribution in [3.8, 4) is 17.7 Å². The van der Waals surface area contributed by atoms with E-state index in [-0.39, 0.29) is 12.0 Å². The van der Waals surface area contributed by atoms with Gasteiger partial charge in [-0.05, 0) is 13.8 Å². The van der Waals surface area contributed by atoms with Gasteiger partial charge in [0.05, 0.1) is 6.07 Å². The molecule has 0 N–H and O–H groups in total. The molecule has 1 aromatic heterocycles. The second kappa shape index (κ2) is 4.41. The van der Waals surface area contributed by atoms with Gasteiger partial charge in [0.15, 0.2) is 6.10 Å². The van der Waals surface area contributed by atoms with Gasteiger partial charge in [0.2, 0.25) is 11.8 Å². The largest absolute Gasteiger partial charge is 0.461 e. The van der Waals surface area contributed by atoms with Crippen LogP contribution in [0, 0.1) is 17.8 Å². The van der Waals surface area contributed by atoms with Gasteiger partial charge in [-0.1, -0.05) is 5.92 Å². The smallest absolute Gasteiger partial charge is 0.220 e. The first-order valence-corrected chi connectivity index (χ1v) is 3.79. The van der Waals surface area contributed by atoms with Gasteiger partial charge in [-0.25, -0.2) is 9.97 Å². The van der Waals surface area contributed by atoms with Crippen LogP contribution in [0.4, 0.5) is 4.39 Å². The van der Waals surface area contributed by atoms with E-state index in [2.05, 4.69) is 21.8 Å². The summed E-state index contributed by atoms with van der Waals surface area (Å²) in [5.74, 6) is 5.04. The Kier molecular flexibility index (Phi) is 3.21. The molecule has 3 nitrogen and oxygen atoms in total. The van der Waals surface area contributed by atoms with Crippen LogP contribution in [-0.2, 0) is 0 Å². The summed E-state index contributed by atoms with van der Waals surface area (Å²) in [7, 11) is 0. The molecular formula is C9H9FN2O. The molecule has 0 fully saturated rings. The predicted molar refractivity (Wildman–Crippen MR) is 45.5 cm³/mol. The second-order valence-corrected chi connectivity index (χ2v) is 2.33. The topological polar surface area (TPSA) is 35.0 Å². The number of ether oxygens (including phenoxy) is 1. The number of hydrogen-bond acceptors (Lipinski definition) is 3. The number of rotatable bonds is 2. The molecule has 4 heteroatoms. The molecule has 1 rings (SSSR count). The fourth-order valence-corrected chi connectivity index (χ4v) is 0.796. The maximum Gasteiger partial charge on any atom is 0.220 e. The van der Waals surface area contributed by atoms with Gasteiger partial charge in [0, 0.05) is 0 Å². The third kappa shape index (κ3) is 3.08. The summed E-state index contributed by atoms with van der Waals surface area (Å²) >= 11 is 0. The average molecular weight is 180 g/mol. The third-order valence-electron chi connectivity index (χ3n) is 1.25. The van der Waals surface area contributed by atoms with Crippen molar-refractivity contribution >= 4 is 0 Å². The molecule has 0 amide bonds. The Morgan fingerprint density at radius 2 is 2.31 bits per heavy atom. The lowest BCUT2D eigenvalue weighted by Crippen LogP contribution is -2.09. The van der Waals surface area contributed by atoms with E-state index in [4.69, 9.17) is 4.74 Å². The van der Waals surface area contributed by atoms with Crippen molar-refractivity contribution in [2.45, 2.75) is 20.0 Å². The lowest BCUT2D eigenvalue weighted by atomic mass is 10.4. The highest BCUT2D eigenvalue weighted by atomic mass is 19.1. The maximum atomic E-state index is 12.5. The first kappa shape index (κ1) is 9.46. The molecule has 68 valence electrons. The van der Waals surface area contributed by atoms with Crippen LogP contribution in [0.25, 0.3) is 0 Å². The lowest BCUT2D eigenvalue weighted by Gasteiger charge is -2.06. The van der Waals surface area contributed by atoms with E-state index < -0.39 is 5.95 Å². The first-order valence-electron chi connectivity index (χ1n) is 3.79. The highest BCUT2D eigenvalue weighted by Crippen LogP contribution is 2.07. The number of aromatic nitrogens is 2. The van der Waals surface area contributed by atoms with Crippen molar-refractivity contribution in [3.05, 3.63) is 18.3 Å². The molecule has 0 spiro atoms. The second-order valence-electron chi connectivity index (χ2n) is 2.33. The Labute approximate surface area is 76.0 Å². The fourth-order valence-electron chi connectivity index (χ4n) is 0.796. The molecular weight excluding hydrogens is 171 g/mol. The molecule has 0 saturated carbocycles. The third-order valence-corrected chi connectivity index (χ3v) is 1.25. The minimum Gasteiger partial charge on any atom is -0.461 e. The summed E-state index contributed by atoms with van der Waals surface area (Å²) in [4.78, 5) is 7.02. The SMILES string of the molecule is CC#CC(C)Oc1cc(F)ncn1. The van der Waals surface area contributed by atoms with Crippen molar-refractivity contribution in [1.82, 2.24) is 9.97 Å². The van der Waals surface area contributed by atoms with Crippen molar-refractivity contribution in [1.29, 1.82) is 0 Å². The van der Waals surface area contributed by atoms with Gasteiger partial charge in [0.1, 0.15) is 6.33 Å². The van der Waals surface area contributed by atoms with E-state index in [1.165, 1.54) is 0 Å². The minimum absolute atomic E-state index is 0.197. The zero-order valence-corrected chi connectivity index (χ0v) is 7.41. The van der Waals surface area contributed by atoms with E-state index in [1.807, 2.05) is 0 Å². The maximum absolute atomic E-state index is 12.5. The Bertz CT molecular complexity index is 343. The highest BCUT2D eigenvalue weighted by Gasteiger charge is 2.02. The Balaban J connectivity index is 2.67. The Morgan fingerprint density at radius 3 is 2.92 bits per heavy atom. The normalized spacial score (nSPS) is 11.3. The molecule has 1 heterocycles. The van der Waals surface area contributed by atoms with E-state index in [0.29, 0.717) is 0 Å².